The number of ketones is 1. The summed E-state index contributed by atoms with van der Waals surface area (Å²) in [6.45, 7) is 19.6. The molecule has 0 radical (unpaired) electrons. The minimum absolute atomic E-state index is 0.0390. The van der Waals surface area contributed by atoms with Gasteiger partial charge in [-0.15, -0.1) is 0 Å². The van der Waals surface area contributed by atoms with E-state index in [0.717, 1.165) is 0 Å². The predicted octanol–water partition coefficient (Wildman–Crippen LogP) is 1.96. The molecule has 2 fully saturated rings. The van der Waals surface area contributed by atoms with E-state index in [-0.39, 0.29) is 36.8 Å². The molecule has 250 valence electrons. The third-order valence-corrected chi connectivity index (χ3v) is 7.76. The number of amides is 4. The van der Waals surface area contributed by atoms with Gasteiger partial charge in [0.25, 0.3) is 5.91 Å². The van der Waals surface area contributed by atoms with Crippen LogP contribution < -0.4 is 16.0 Å². The molecule has 44 heavy (non-hydrogen) atoms. The first-order chi connectivity index (χ1) is 19.9. The molecule has 1 saturated heterocycles. The zero-order valence-corrected chi connectivity index (χ0v) is 28.3. The summed E-state index contributed by atoms with van der Waals surface area (Å²) in [5, 5.41) is 7.71. The van der Waals surface area contributed by atoms with Crippen molar-refractivity contribution in [3.63, 3.8) is 0 Å². The summed E-state index contributed by atoms with van der Waals surface area (Å²) >= 11 is 0. The smallest absolute Gasteiger partial charge is 0.408 e. The first-order valence-electron chi connectivity index (χ1n) is 15.0. The number of alkyl carbamates (subject to hydrolysis) is 1. The number of piperidine rings is 1. The van der Waals surface area contributed by atoms with Gasteiger partial charge in [0.1, 0.15) is 29.3 Å². The fourth-order valence-electron chi connectivity index (χ4n) is 5.58. The molecular weight excluding hydrogens is 572 g/mol. The third kappa shape index (κ3) is 9.64. The van der Waals surface area contributed by atoms with Gasteiger partial charge in [-0.25, -0.2) is 4.79 Å². The van der Waals surface area contributed by atoms with Gasteiger partial charge in [-0.05, 0) is 64.2 Å². The highest BCUT2D eigenvalue weighted by Gasteiger charge is 2.70. The van der Waals surface area contributed by atoms with Gasteiger partial charge in [-0.2, -0.15) is 0 Å². The number of hydrogen-bond donors (Lipinski definition) is 3. The highest BCUT2D eigenvalue weighted by molar-refractivity contribution is 6.38. The zero-order valence-electron chi connectivity index (χ0n) is 28.3. The van der Waals surface area contributed by atoms with Crippen molar-refractivity contribution in [2.75, 3.05) is 26.8 Å². The van der Waals surface area contributed by atoms with Crippen LogP contribution >= 0.6 is 0 Å². The number of rotatable bonds is 11. The molecule has 2 unspecified atom stereocenters. The van der Waals surface area contributed by atoms with Crippen LogP contribution in [0.4, 0.5) is 4.79 Å². The van der Waals surface area contributed by atoms with Crippen LogP contribution in [0.15, 0.2) is 0 Å². The molecule has 13 heteroatoms. The van der Waals surface area contributed by atoms with Crippen molar-refractivity contribution in [3.8, 4) is 0 Å². The Morgan fingerprint density at radius 3 is 1.95 bits per heavy atom. The van der Waals surface area contributed by atoms with Gasteiger partial charge < -0.3 is 35.1 Å². The lowest BCUT2D eigenvalue weighted by molar-refractivity contribution is -0.154. The van der Waals surface area contributed by atoms with E-state index in [1.807, 2.05) is 13.8 Å². The Morgan fingerprint density at radius 2 is 1.45 bits per heavy atom. The third-order valence-electron chi connectivity index (χ3n) is 7.76. The van der Waals surface area contributed by atoms with Crippen LogP contribution in [0.3, 0.4) is 0 Å². The van der Waals surface area contributed by atoms with Crippen molar-refractivity contribution in [2.45, 2.75) is 112 Å². The quantitative estimate of drug-likeness (QED) is 0.230. The van der Waals surface area contributed by atoms with Gasteiger partial charge in [0, 0.05) is 20.2 Å². The lowest BCUT2D eigenvalue weighted by Crippen LogP contribution is -2.61. The molecule has 1 aliphatic carbocycles. The molecule has 0 aromatic carbocycles. The van der Waals surface area contributed by atoms with Crippen LogP contribution in [0.5, 0.6) is 0 Å². The van der Waals surface area contributed by atoms with E-state index >= 15 is 0 Å². The number of hydrogen-bond acceptors (Lipinski definition) is 9. The standard InChI is InChI=1S/C31H52N4O9/c1-28(2,3)23(34-27(41)44-30(7,8)9)26(40)35-15-17-20(31(17,10)11)21(35)24(38)33-18(16-42-12)22(37)25(39)32-14-13-19(36)43-29(4,5)6/h17-18,20-21,23H,13-16H2,1-12H3,(H,32,39)(H,33,38)(H,34,41)/t17?,18?,20-,21-,23+/m0/s1. The molecule has 1 heterocycles. The van der Waals surface area contributed by atoms with E-state index in [0.29, 0.717) is 6.54 Å². The average molecular weight is 625 g/mol. The number of ether oxygens (including phenoxy) is 3. The van der Waals surface area contributed by atoms with E-state index in [4.69, 9.17) is 14.2 Å². The number of likely N-dealkylation sites (tertiary alicyclic amines) is 1. The van der Waals surface area contributed by atoms with Crippen molar-refractivity contribution < 1.29 is 43.0 Å². The highest BCUT2D eigenvalue weighted by Crippen LogP contribution is 2.65. The summed E-state index contributed by atoms with van der Waals surface area (Å²) in [7, 11) is 1.33. The molecular formula is C31H52N4O9. The summed E-state index contributed by atoms with van der Waals surface area (Å²) in [4.78, 5) is 79.5. The molecule has 5 atom stereocenters. The van der Waals surface area contributed by atoms with E-state index in [9.17, 15) is 28.8 Å². The van der Waals surface area contributed by atoms with Crippen molar-refractivity contribution in [1.82, 2.24) is 20.9 Å². The maximum absolute atomic E-state index is 14.0. The second kappa shape index (κ2) is 13.4. The SMILES string of the molecule is COCC(NC(=O)[C@@H]1[C@@H]2C(CN1C(=O)[C@@H](NC(=O)OC(C)(C)C)C(C)(C)C)C2(C)C)C(=O)C(=O)NCCC(=O)OC(C)(C)C. The Bertz CT molecular complexity index is 1130. The molecule has 3 N–H and O–H groups in total. The fraction of sp³-hybridized carbons (Fsp3) is 0.806. The molecule has 2 rings (SSSR count). The topological polar surface area (TPSA) is 169 Å². The van der Waals surface area contributed by atoms with Gasteiger partial charge >= 0.3 is 12.1 Å². The molecule has 1 saturated carbocycles. The number of carbonyl (C=O) groups is 6. The van der Waals surface area contributed by atoms with E-state index in [1.165, 1.54) is 12.0 Å². The summed E-state index contributed by atoms with van der Waals surface area (Å²) < 4.78 is 15.7. The monoisotopic (exact) mass is 624 g/mol. The number of nitrogens with one attached hydrogen (secondary N) is 3. The molecule has 4 amide bonds. The maximum Gasteiger partial charge on any atom is 0.408 e. The second-order valence-corrected chi connectivity index (χ2v) is 15.3. The van der Waals surface area contributed by atoms with Crippen molar-refractivity contribution in [3.05, 3.63) is 0 Å². The number of fused-ring (bicyclic) bond motifs is 1. The van der Waals surface area contributed by atoms with E-state index < -0.39 is 70.3 Å². The zero-order chi connectivity index (χ0) is 34.0. The number of esters is 1. The highest BCUT2D eigenvalue weighted by atomic mass is 16.6. The number of methoxy groups -OCH3 is 1. The van der Waals surface area contributed by atoms with Crippen molar-refractivity contribution >= 4 is 35.6 Å². The number of carbonyl (C=O) groups excluding carboxylic acids is 6. The molecule has 0 spiro atoms. The molecule has 2 aliphatic rings. The van der Waals surface area contributed by atoms with Gasteiger partial charge in [0.2, 0.25) is 17.6 Å². The Morgan fingerprint density at radius 1 is 0.886 bits per heavy atom. The maximum atomic E-state index is 14.0. The largest absolute Gasteiger partial charge is 0.460 e. The normalized spacial score (nSPS) is 22.2. The van der Waals surface area contributed by atoms with Crippen LogP contribution in [-0.2, 0) is 38.2 Å². The summed E-state index contributed by atoms with van der Waals surface area (Å²) in [5.41, 5.74) is -2.41. The van der Waals surface area contributed by atoms with Crippen LogP contribution in [0, 0.1) is 22.7 Å². The van der Waals surface area contributed by atoms with E-state index in [2.05, 4.69) is 16.0 Å². The minimum Gasteiger partial charge on any atom is -0.460 e. The Balaban J connectivity index is 2.20. The number of Topliss-reactive ketones (excluding diaryl/α,β-unsaturated/α-hetero) is 1. The Kier molecular flexibility index (Phi) is 11.3. The van der Waals surface area contributed by atoms with Crippen LogP contribution in [0.1, 0.15) is 82.6 Å². The summed E-state index contributed by atoms with van der Waals surface area (Å²) in [5.74, 6) is -3.67. The predicted molar refractivity (Wildman–Crippen MR) is 161 cm³/mol. The van der Waals surface area contributed by atoms with Gasteiger partial charge in [0.05, 0.1) is 13.0 Å². The fourth-order valence-corrected chi connectivity index (χ4v) is 5.58. The Hall–Kier alpha value is -3.22. The summed E-state index contributed by atoms with van der Waals surface area (Å²) in [6.07, 6.45) is -0.888. The molecule has 1 aliphatic heterocycles. The average Bonchev–Trinajstić information content (AvgIpc) is 3.17. The van der Waals surface area contributed by atoms with Crippen LogP contribution in [0.2, 0.25) is 0 Å². The summed E-state index contributed by atoms with van der Waals surface area (Å²) in [6, 6.07) is -3.26. The first kappa shape index (κ1) is 37.0. The van der Waals surface area contributed by atoms with Crippen molar-refractivity contribution in [2.24, 2.45) is 22.7 Å². The van der Waals surface area contributed by atoms with Crippen molar-refractivity contribution in [1.29, 1.82) is 0 Å². The minimum atomic E-state index is -1.33. The molecule has 0 aromatic rings. The van der Waals surface area contributed by atoms with Crippen LogP contribution in [0.25, 0.3) is 0 Å². The van der Waals surface area contributed by atoms with Gasteiger partial charge in [0.15, 0.2) is 0 Å². The van der Waals surface area contributed by atoms with Gasteiger partial charge in [-0.3, -0.25) is 24.0 Å². The van der Waals surface area contributed by atoms with Crippen LogP contribution in [-0.4, -0.2) is 96.6 Å². The second-order valence-electron chi connectivity index (χ2n) is 15.3. The lowest BCUT2D eigenvalue weighted by Gasteiger charge is -2.38. The molecule has 0 bridgehead atoms. The lowest BCUT2D eigenvalue weighted by atomic mass is 9.85. The van der Waals surface area contributed by atoms with E-state index in [1.54, 1.807) is 62.3 Å². The molecule has 0 aromatic heterocycles. The molecule has 13 nitrogen and oxygen atoms in total. The number of nitrogens with zero attached hydrogens (tertiary/aromatic N) is 1. The van der Waals surface area contributed by atoms with Gasteiger partial charge in [-0.1, -0.05) is 34.6 Å². The first-order valence-corrected chi connectivity index (χ1v) is 15.0. The Labute approximate surface area is 260 Å².